The Labute approximate surface area is 160 Å². The summed E-state index contributed by atoms with van der Waals surface area (Å²) in [5.41, 5.74) is -0.821. The molecule has 5 rings (SSSR count). The summed E-state index contributed by atoms with van der Waals surface area (Å²) in [6, 6.07) is 3.62. The van der Waals surface area contributed by atoms with Gasteiger partial charge in [0.2, 0.25) is 0 Å². The maximum Gasteiger partial charge on any atom is 0.271 e. The molecule has 142 valence electrons. The Balaban J connectivity index is 1.28. The lowest BCUT2D eigenvalue weighted by molar-refractivity contribution is -0.141. The fourth-order valence-corrected chi connectivity index (χ4v) is 4.65. The van der Waals surface area contributed by atoms with E-state index in [1.807, 2.05) is 19.1 Å². The van der Waals surface area contributed by atoms with Gasteiger partial charge in [0.15, 0.2) is 10.8 Å². The third kappa shape index (κ3) is 2.87. The molecule has 7 nitrogen and oxygen atoms in total. The highest BCUT2D eigenvalue weighted by Crippen LogP contribution is 2.54. The number of nitrogens with zero attached hydrogens (tertiary/aromatic N) is 2. The van der Waals surface area contributed by atoms with Crippen LogP contribution in [-0.4, -0.2) is 51.5 Å². The van der Waals surface area contributed by atoms with Crippen LogP contribution in [0, 0.1) is 12.3 Å². The first-order chi connectivity index (χ1) is 12.9. The third-order valence-electron chi connectivity index (χ3n) is 5.94. The van der Waals surface area contributed by atoms with E-state index < -0.39 is 5.60 Å². The van der Waals surface area contributed by atoms with Crippen molar-refractivity contribution in [3.05, 3.63) is 29.0 Å². The lowest BCUT2D eigenvalue weighted by Crippen LogP contribution is -2.43. The maximum absolute atomic E-state index is 12.7. The van der Waals surface area contributed by atoms with Crippen molar-refractivity contribution in [1.29, 1.82) is 0 Å². The van der Waals surface area contributed by atoms with Gasteiger partial charge in [-0.3, -0.25) is 9.59 Å². The van der Waals surface area contributed by atoms with Crippen molar-refractivity contribution < 1.29 is 19.1 Å². The molecule has 8 heteroatoms. The van der Waals surface area contributed by atoms with Gasteiger partial charge in [0, 0.05) is 23.9 Å². The van der Waals surface area contributed by atoms with Crippen LogP contribution in [0.2, 0.25) is 0 Å². The van der Waals surface area contributed by atoms with E-state index in [0.717, 1.165) is 18.6 Å². The molecule has 3 aliphatic rings. The highest BCUT2D eigenvalue weighted by Gasteiger charge is 2.60. The SMILES string of the molecule is Cc1ccc(-c2nc(C(=O)NC3CN(C(=O)C4(O)CC4)CC34CC4)cs2)o1. The van der Waals surface area contributed by atoms with Crippen LogP contribution in [0.4, 0.5) is 0 Å². The highest BCUT2D eigenvalue weighted by atomic mass is 32.1. The fourth-order valence-electron chi connectivity index (χ4n) is 3.89. The molecule has 0 radical (unpaired) electrons. The Morgan fingerprint density at radius 3 is 2.74 bits per heavy atom. The largest absolute Gasteiger partial charge is 0.459 e. The average molecular weight is 387 g/mol. The molecule has 3 heterocycles. The number of carbonyl (C=O) groups is 2. The molecule has 1 aliphatic heterocycles. The van der Waals surface area contributed by atoms with Gasteiger partial charge < -0.3 is 19.7 Å². The summed E-state index contributed by atoms with van der Waals surface area (Å²) >= 11 is 1.37. The van der Waals surface area contributed by atoms with Gasteiger partial charge in [-0.2, -0.15) is 0 Å². The Kier molecular flexibility index (Phi) is 3.55. The van der Waals surface area contributed by atoms with Crippen LogP contribution < -0.4 is 5.32 Å². The second-order valence-electron chi connectivity index (χ2n) is 8.05. The first-order valence-corrected chi connectivity index (χ1v) is 10.1. The lowest BCUT2D eigenvalue weighted by atomic mass is 10.0. The van der Waals surface area contributed by atoms with Gasteiger partial charge in [-0.25, -0.2) is 4.98 Å². The summed E-state index contributed by atoms with van der Waals surface area (Å²) in [6.07, 6.45) is 3.07. The van der Waals surface area contributed by atoms with E-state index in [2.05, 4.69) is 10.3 Å². The molecular weight excluding hydrogens is 366 g/mol. The Bertz CT molecular complexity index is 925. The minimum atomic E-state index is -1.15. The van der Waals surface area contributed by atoms with Crippen LogP contribution in [0.25, 0.3) is 10.8 Å². The quantitative estimate of drug-likeness (QED) is 0.836. The van der Waals surface area contributed by atoms with Crippen LogP contribution in [0.5, 0.6) is 0 Å². The Morgan fingerprint density at radius 1 is 1.33 bits per heavy atom. The van der Waals surface area contributed by atoms with E-state index in [1.54, 1.807) is 10.3 Å². The van der Waals surface area contributed by atoms with Gasteiger partial charge in [0.1, 0.15) is 17.1 Å². The number of furan rings is 1. The van der Waals surface area contributed by atoms with Crippen LogP contribution >= 0.6 is 11.3 Å². The predicted molar refractivity (Wildman–Crippen MR) is 98.2 cm³/mol. The average Bonchev–Trinajstić information content (AvgIpc) is 3.38. The monoisotopic (exact) mass is 387 g/mol. The number of hydrogen-bond donors (Lipinski definition) is 2. The molecule has 1 spiro atoms. The lowest BCUT2D eigenvalue weighted by Gasteiger charge is -2.19. The molecule has 2 N–H and O–H groups in total. The molecule has 2 amide bonds. The van der Waals surface area contributed by atoms with E-state index >= 15 is 0 Å². The van der Waals surface area contributed by atoms with Crippen molar-refractivity contribution in [2.24, 2.45) is 5.41 Å². The zero-order valence-corrected chi connectivity index (χ0v) is 15.8. The summed E-state index contributed by atoms with van der Waals surface area (Å²) in [5.74, 6) is 1.05. The van der Waals surface area contributed by atoms with Crippen molar-refractivity contribution in [2.45, 2.75) is 44.2 Å². The van der Waals surface area contributed by atoms with E-state index in [1.165, 1.54) is 11.3 Å². The van der Waals surface area contributed by atoms with Gasteiger partial charge >= 0.3 is 0 Å². The van der Waals surface area contributed by atoms with Crippen LogP contribution in [0.3, 0.4) is 0 Å². The first kappa shape index (κ1) is 16.9. The molecule has 2 aliphatic carbocycles. The van der Waals surface area contributed by atoms with Gasteiger partial charge in [-0.1, -0.05) is 0 Å². The minimum Gasteiger partial charge on any atom is -0.459 e. The number of aryl methyl sites for hydroxylation is 1. The molecule has 0 aromatic carbocycles. The van der Waals surface area contributed by atoms with Crippen molar-refractivity contribution in [2.75, 3.05) is 13.1 Å². The van der Waals surface area contributed by atoms with Gasteiger partial charge in [-0.05, 0) is 44.7 Å². The number of nitrogens with one attached hydrogen (secondary N) is 1. The van der Waals surface area contributed by atoms with Crippen LogP contribution in [0.1, 0.15) is 41.9 Å². The van der Waals surface area contributed by atoms with Crippen molar-refractivity contribution >= 4 is 23.2 Å². The molecule has 2 saturated carbocycles. The van der Waals surface area contributed by atoms with E-state index in [4.69, 9.17) is 4.42 Å². The minimum absolute atomic E-state index is 0.0342. The van der Waals surface area contributed by atoms with Crippen LogP contribution in [0.15, 0.2) is 21.9 Å². The van der Waals surface area contributed by atoms with Crippen LogP contribution in [-0.2, 0) is 4.79 Å². The van der Waals surface area contributed by atoms with Gasteiger partial charge in [0.05, 0.1) is 6.04 Å². The number of thiazole rings is 1. The summed E-state index contributed by atoms with van der Waals surface area (Å²) < 4.78 is 5.57. The maximum atomic E-state index is 12.7. The number of aromatic nitrogens is 1. The number of rotatable bonds is 4. The van der Waals surface area contributed by atoms with Crippen molar-refractivity contribution in [1.82, 2.24) is 15.2 Å². The van der Waals surface area contributed by atoms with Crippen molar-refractivity contribution in [3.8, 4) is 10.8 Å². The number of carbonyl (C=O) groups excluding carboxylic acids is 2. The second-order valence-corrected chi connectivity index (χ2v) is 8.91. The van der Waals surface area contributed by atoms with E-state index in [-0.39, 0.29) is 23.3 Å². The standard InChI is InChI=1S/C19H21N3O4S/c1-11-2-3-13(26-11)16-20-12(9-27-16)15(23)21-14-8-22(10-18(14)4-5-18)17(24)19(25)6-7-19/h2-3,9,14,25H,4-8,10H2,1H3,(H,21,23). The first-order valence-electron chi connectivity index (χ1n) is 9.24. The molecule has 3 fully saturated rings. The third-order valence-corrected chi connectivity index (χ3v) is 6.80. The number of aliphatic hydroxyl groups is 1. The van der Waals surface area contributed by atoms with E-state index in [0.29, 0.717) is 42.4 Å². The zero-order chi connectivity index (χ0) is 18.8. The van der Waals surface area contributed by atoms with Gasteiger partial charge in [0.25, 0.3) is 11.8 Å². The zero-order valence-electron chi connectivity index (χ0n) is 15.0. The van der Waals surface area contributed by atoms with Crippen molar-refractivity contribution in [3.63, 3.8) is 0 Å². The molecule has 2 aromatic heterocycles. The normalized spacial score (nSPS) is 24.2. The number of likely N-dealkylation sites (tertiary alicyclic amines) is 1. The Morgan fingerprint density at radius 2 is 2.11 bits per heavy atom. The molecule has 27 heavy (non-hydrogen) atoms. The topological polar surface area (TPSA) is 95.7 Å². The van der Waals surface area contributed by atoms with E-state index in [9.17, 15) is 14.7 Å². The summed E-state index contributed by atoms with van der Waals surface area (Å²) in [4.78, 5) is 31.3. The summed E-state index contributed by atoms with van der Waals surface area (Å²) in [7, 11) is 0. The summed E-state index contributed by atoms with van der Waals surface area (Å²) in [5, 5.41) is 15.6. The molecule has 0 bridgehead atoms. The molecular formula is C19H21N3O4S. The molecule has 1 saturated heterocycles. The highest BCUT2D eigenvalue weighted by molar-refractivity contribution is 7.13. The smallest absolute Gasteiger partial charge is 0.271 e. The molecule has 1 unspecified atom stereocenters. The Hall–Kier alpha value is -2.19. The fraction of sp³-hybridized carbons (Fsp3) is 0.526. The number of amides is 2. The van der Waals surface area contributed by atoms with Gasteiger partial charge in [-0.15, -0.1) is 11.3 Å². The molecule has 2 aromatic rings. The molecule has 1 atom stereocenters. The second kappa shape index (κ2) is 5.65. The predicted octanol–water partition coefficient (Wildman–Crippen LogP) is 1.96. The number of hydrogen-bond acceptors (Lipinski definition) is 6. The summed E-state index contributed by atoms with van der Waals surface area (Å²) in [6.45, 7) is 2.94.